The SMILES string of the molecule is CCCS(=O)(=O)c1ccc(NCC2(CCl)CC2)cc1. The summed E-state index contributed by atoms with van der Waals surface area (Å²) in [5.41, 5.74) is 1.21. The first kappa shape index (κ1) is 14.7. The average Bonchev–Trinajstić information content (AvgIpc) is 3.17. The molecule has 3 nitrogen and oxygen atoms in total. The van der Waals surface area contributed by atoms with E-state index < -0.39 is 9.84 Å². The quantitative estimate of drug-likeness (QED) is 0.786. The molecule has 0 heterocycles. The molecule has 1 saturated carbocycles. The number of hydrogen-bond donors (Lipinski definition) is 1. The molecule has 0 bridgehead atoms. The molecule has 1 fully saturated rings. The van der Waals surface area contributed by atoms with Crippen LogP contribution in [0.1, 0.15) is 26.2 Å². The molecule has 0 amide bonds. The second-order valence-electron chi connectivity index (χ2n) is 5.33. The van der Waals surface area contributed by atoms with E-state index in [0.717, 1.165) is 12.2 Å². The zero-order valence-corrected chi connectivity index (χ0v) is 12.7. The van der Waals surface area contributed by atoms with E-state index in [9.17, 15) is 8.42 Å². The Morgan fingerprint density at radius 2 is 1.89 bits per heavy atom. The predicted octanol–water partition coefficient (Wildman–Crippen LogP) is 3.30. The van der Waals surface area contributed by atoms with Crippen molar-refractivity contribution in [3.8, 4) is 0 Å². The summed E-state index contributed by atoms with van der Waals surface area (Å²) in [7, 11) is -3.11. The van der Waals surface area contributed by atoms with Gasteiger partial charge in [-0.2, -0.15) is 0 Å². The maximum Gasteiger partial charge on any atom is 0.178 e. The molecule has 1 aromatic rings. The molecule has 2 rings (SSSR count). The minimum atomic E-state index is -3.11. The van der Waals surface area contributed by atoms with Gasteiger partial charge in [0.15, 0.2) is 9.84 Å². The lowest BCUT2D eigenvalue weighted by Crippen LogP contribution is -2.16. The molecule has 0 atom stereocenters. The molecular weight excluding hydrogens is 282 g/mol. The van der Waals surface area contributed by atoms with Crippen LogP contribution in [0.25, 0.3) is 0 Å². The van der Waals surface area contributed by atoms with Gasteiger partial charge in [0.1, 0.15) is 0 Å². The summed E-state index contributed by atoms with van der Waals surface area (Å²) in [5.74, 6) is 0.887. The first-order valence-corrected chi connectivity index (χ1v) is 8.83. The second-order valence-corrected chi connectivity index (χ2v) is 7.71. The third-order valence-electron chi connectivity index (χ3n) is 3.59. The maximum absolute atomic E-state index is 11.9. The van der Waals surface area contributed by atoms with E-state index >= 15 is 0 Å². The van der Waals surface area contributed by atoms with Gasteiger partial charge in [-0.3, -0.25) is 0 Å². The molecule has 0 aliphatic heterocycles. The second kappa shape index (κ2) is 5.71. The van der Waals surface area contributed by atoms with Crippen LogP contribution in [0.4, 0.5) is 5.69 Å². The Labute approximate surface area is 120 Å². The summed E-state index contributed by atoms with van der Waals surface area (Å²) in [4.78, 5) is 0.401. The van der Waals surface area contributed by atoms with Gasteiger partial charge in [0.05, 0.1) is 10.6 Å². The minimum absolute atomic E-state index is 0.204. The topological polar surface area (TPSA) is 46.2 Å². The maximum atomic E-state index is 11.9. The molecular formula is C14H20ClNO2S. The fourth-order valence-electron chi connectivity index (χ4n) is 1.99. The van der Waals surface area contributed by atoms with Crippen LogP contribution in [0, 0.1) is 5.41 Å². The summed E-state index contributed by atoms with van der Waals surface area (Å²) >= 11 is 5.92. The molecule has 0 aromatic heterocycles. The van der Waals surface area contributed by atoms with Crippen LogP contribution in [0.5, 0.6) is 0 Å². The number of benzene rings is 1. The lowest BCUT2D eigenvalue weighted by molar-refractivity contribution is 0.594. The Bertz CT molecular complexity index is 521. The van der Waals surface area contributed by atoms with Gasteiger partial charge < -0.3 is 5.32 Å². The monoisotopic (exact) mass is 301 g/mol. The van der Waals surface area contributed by atoms with Crippen LogP contribution in [0.2, 0.25) is 0 Å². The van der Waals surface area contributed by atoms with Gasteiger partial charge >= 0.3 is 0 Å². The van der Waals surface area contributed by atoms with Crippen molar-refractivity contribution < 1.29 is 8.42 Å². The van der Waals surface area contributed by atoms with Gasteiger partial charge in [0.2, 0.25) is 0 Å². The highest BCUT2D eigenvalue weighted by Crippen LogP contribution is 2.46. The first-order valence-electron chi connectivity index (χ1n) is 6.64. The molecule has 0 saturated heterocycles. The Morgan fingerprint density at radius 3 is 2.37 bits per heavy atom. The lowest BCUT2D eigenvalue weighted by Gasteiger charge is -2.13. The zero-order valence-electron chi connectivity index (χ0n) is 11.2. The van der Waals surface area contributed by atoms with Crippen LogP contribution in [0.15, 0.2) is 29.2 Å². The van der Waals surface area contributed by atoms with Crippen molar-refractivity contribution in [2.75, 3.05) is 23.5 Å². The fourth-order valence-corrected chi connectivity index (χ4v) is 3.68. The van der Waals surface area contributed by atoms with Crippen molar-refractivity contribution in [3.63, 3.8) is 0 Å². The summed E-state index contributed by atoms with van der Waals surface area (Å²) in [6, 6.07) is 7.00. The summed E-state index contributed by atoms with van der Waals surface area (Å²) in [6.07, 6.45) is 2.99. The summed E-state index contributed by atoms with van der Waals surface area (Å²) < 4.78 is 23.8. The van der Waals surface area contributed by atoms with Crippen LogP contribution in [-0.4, -0.2) is 26.6 Å². The summed E-state index contributed by atoms with van der Waals surface area (Å²) in [5, 5.41) is 3.33. The van der Waals surface area contributed by atoms with E-state index in [1.165, 1.54) is 12.8 Å². The highest BCUT2D eigenvalue weighted by atomic mass is 35.5. The molecule has 0 spiro atoms. The molecule has 5 heteroatoms. The Balaban J connectivity index is 1.99. The third-order valence-corrected chi connectivity index (χ3v) is 6.10. The zero-order chi connectivity index (χ0) is 13.9. The summed E-state index contributed by atoms with van der Waals surface area (Å²) in [6.45, 7) is 2.73. The van der Waals surface area contributed by atoms with Crippen molar-refractivity contribution in [1.82, 2.24) is 0 Å². The normalized spacial score (nSPS) is 17.2. The molecule has 0 radical (unpaired) electrons. The van der Waals surface area contributed by atoms with E-state index in [2.05, 4.69) is 5.32 Å². The van der Waals surface area contributed by atoms with Gasteiger partial charge in [-0.25, -0.2) is 8.42 Å². The minimum Gasteiger partial charge on any atom is -0.384 e. The fraction of sp³-hybridized carbons (Fsp3) is 0.571. The number of anilines is 1. The molecule has 1 aromatic carbocycles. The molecule has 106 valence electrons. The van der Waals surface area contributed by atoms with Crippen LogP contribution >= 0.6 is 11.6 Å². The van der Waals surface area contributed by atoms with Crippen molar-refractivity contribution in [3.05, 3.63) is 24.3 Å². The van der Waals surface area contributed by atoms with Gasteiger partial charge in [-0.05, 0) is 43.5 Å². The van der Waals surface area contributed by atoms with Gasteiger partial charge in [-0.1, -0.05) is 6.92 Å². The molecule has 1 aliphatic rings. The average molecular weight is 302 g/mol. The van der Waals surface area contributed by atoms with Crippen molar-refractivity contribution in [2.24, 2.45) is 5.41 Å². The highest BCUT2D eigenvalue weighted by molar-refractivity contribution is 7.91. The van der Waals surface area contributed by atoms with Crippen molar-refractivity contribution in [1.29, 1.82) is 0 Å². The Kier molecular flexibility index (Phi) is 4.41. The van der Waals surface area contributed by atoms with E-state index in [-0.39, 0.29) is 11.2 Å². The smallest absolute Gasteiger partial charge is 0.178 e. The number of rotatable bonds is 7. The predicted molar refractivity (Wildman–Crippen MR) is 79.7 cm³/mol. The first-order chi connectivity index (χ1) is 9.01. The Hall–Kier alpha value is -0.740. The number of halogens is 1. The van der Waals surface area contributed by atoms with Crippen LogP contribution in [-0.2, 0) is 9.84 Å². The number of hydrogen-bond acceptors (Lipinski definition) is 3. The molecule has 1 aliphatic carbocycles. The number of alkyl halides is 1. The van der Waals surface area contributed by atoms with Crippen molar-refractivity contribution in [2.45, 2.75) is 31.1 Å². The number of sulfone groups is 1. The van der Waals surface area contributed by atoms with Crippen LogP contribution < -0.4 is 5.32 Å². The molecule has 19 heavy (non-hydrogen) atoms. The van der Waals surface area contributed by atoms with E-state index in [0.29, 0.717) is 17.2 Å². The molecule has 0 unspecified atom stereocenters. The van der Waals surface area contributed by atoms with E-state index in [1.807, 2.05) is 19.1 Å². The Morgan fingerprint density at radius 1 is 1.26 bits per heavy atom. The standard InChI is InChI=1S/C14H20ClNO2S/c1-2-9-19(17,18)13-5-3-12(4-6-13)16-11-14(10-15)7-8-14/h3-6,16H,2,7-11H2,1H3. The van der Waals surface area contributed by atoms with E-state index in [4.69, 9.17) is 11.6 Å². The van der Waals surface area contributed by atoms with Gasteiger partial charge in [0.25, 0.3) is 0 Å². The van der Waals surface area contributed by atoms with Crippen molar-refractivity contribution >= 4 is 27.1 Å². The largest absolute Gasteiger partial charge is 0.384 e. The number of nitrogens with one attached hydrogen (secondary N) is 1. The van der Waals surface area contributed by atoms with Gasteiger partial charge in [-0.15, -0.1) is 11.6 Å². The molecule has 1 N–H and O–H groups in total. The van der Waals surface area contributed by atoms with Crippen LogP contribution in [0.3, 0.4) is 0 Å². The van der Waals surface area contributed by atoms with E-state index in [1.54, 1.807) is 12.1 Å². The highest BCUT2D eigenvalue weighted by Gasteiger charge is 2.41. The lowest BCUT2D eigenvalue weighted by atomic mass is 10.1. The third kappa shape index (κ3) is 3.63. The van der Waals surface area contributed by atoms with Gasteiger partial charge in [0, 0.05) is 23.5 Å².